The van der Waals surface area contributed by atoms with Crippen molar-refractivity contribution in [2.75, 3.05) is 0 Å². The van der Waals surface area contributed by atoms with E-state index >= 15 is 0 Å². The Kier molecular flexibility index (Phi) is 4.50. The molecule has 0 heterocycles. The zero-order valence-electron chi connectivity index (χ0n) is 19.6. The molecule has 0 atom stereocenters. The maximum absolute atomic E-state index is 2.38. The molecule has 0 N–H and O–H groups in total. The Hall–Kier alpha value is -4.36. The fourth-order valence-corrected chi connectivity index (χ4v) is 5.60. The van der Waals surface area contributed by atoms with Crippen LogP contribution in [0.3, 0.4) is 0 Å². The fourth-order valence-electron chi connectivity index (χ4n) is 5.60. The monoisotopic (exact) mass is 442 g/mol. The highest BCUT2D eigenvalue weighted by Gasteiger charge is 2.14. The van der Waals surface area contributed by atoms with Crippen molar-refractivity contribution in [1.82, 2.24) is 0 Å². The van der Waals surface area contributed by atoms with Crippen LogP contribution in [0.4, 0.5) is 0 Å². The van der Waals surface area contributed by atoms with Gasteiger partial charge in [-0.05, 0) is 83.5 Å². The summed E-state index contributed by atoms with van der Waals surface area (Å²) in [6.07, 6.45) is 0. The quantitative estimate of drug-likeness (QED) is 0.189. The van der Waals surface area contributed by atoms with Gasteiger partial charge in [0.2, 0.25) is 0 Å². The Labute approximate surface area is 205 Å². The second-order valence-corrected chi connectivity index (χ2v) is 9.43. The van der Waals surface area contributed by atoms with Crippen LogP contribution < -0.4 is 5.46 Å². The SMILES string of the molecule is Bc1c2ccccc2c(-c2ccc3ccccc3c2)c2ccc(-c3ccc4ccccc4c3)cc12. The van der Waals surface area contributed by atoms with E-state index in [1.807, 2.05) is 0 Å². The molecule has 0 aliphatic rings. The summed E-state index contributed by atoms with van der Waals surface area (Å²) in [6.45, 7) is 0. The molecule has 0 spiro atoms. The Morgan fingerprint density at radius 3 is 1.54 bits per heavy atom. The molecule has 0 saturated heterocycles. The first-order chi connectivity index (χ1) is 17.3. The molecule has 0 amide bonds. The van der Waals surface area contributed by atoms with E-state index in [4.69, 9.17) is 0 Å². The van der Waals surface area contributed by atoms with E-state index in [0.29, 0.717) is 0 Å². The van der Waals surface area contributed by atoms with Crippen molar-refractivity contribution in [3.8, 4) is 22.3 Å². The van der Waals surface area contributed by atoms with Gasteiger partial charge < -0.3 is 0 Å². The largest absolute Gasteiger partial charge is 0.140 e. The second-order valence-electron chi connectivity index (χ2n) is 9.43. The van der Waals surface area contributed by atoms with Gasteiger partial charge in [-0.1, -0.05) is 115 Å². The summed E-state index contributed by atoms with van der Waals surface area (Å²) < 4.78 is 0. The fraction of sp³-hybridized carbons (Fsp3) is 0. The molecule has 35 heavy (non-hydrogen) atoms. The molecular formula is C34H23B. The summed E-state index contributed by atoms with van der Waals surface area (Å²) in [4.78, 5) is 0. The van der Waals surface area contributed by atoms with Gasteiger partial charge in [0.25, 0.3) is 0 Å². The maximum Gasteiger partial charge on any atom is 0.140 e. The molecule has 7 aromatic rings. The lowest BCUT2D eigenvalue weighted by Crippen LogP contribution is -2.07. The molecule has 0 radical (unpaired) electrons. The molecule has 162 valence electrons. The third-order valence-electron chi connectivity index (χ3n) is 7.41. The van der Waals surface area contributed by atoms with Gasteiger partial charge in [0.15, 0.2) is 0 Å². The first kappa shape index (κ1) is 20.1. The van der Waals surface area contributed by atoms with E-state index in [0.717, 1.165) is 0 Å². The third-order valence-corrected chi connectivity index (χ3v) is 7.41. The van der Waals surface area contributed by atoms with Crippen LogP contribution in [0.5, 0.6) is 0 Å². The molecular weight excluding hydrogens is 419 g/mol. The van der Waals surface area contributed by atoms with Crippen LogP contribution in [0.25, 0.3) is 65.3 Å². The van der Waals surface area contributed by atoms with Crippen LogP contribution >= 0.6 is 0 Å². The second kappa shape index (κ2) is 7.86. The zero-order valence-corrected chi connectivity index (χ0v) is 19.6. The average molecular weight is 442 g/mol. The summed E-state index contributed by atoms with van der Waals surface area (Å²) in [6, 6.07) is 46.6. The van der Waals surface area contributed by atoms with Crippen molar-refractivity contribution < 1.29 is 0 Å². The van der Waals surface area contributed by atoms with Crippen LogP contribution in [0.15, 0.2) is 127 Å². The molecule has 0 bridgehead atoms. The topological polar surface area (TPSA) is 0 Å². The standard InChI is InChI=1S/C34H23B/c35-34-31-12-6-5-11-29(31)33(28-16-14-23-8-2-4-10-25(23)20-28)30-18-17-27(21-32(30)34)26-15-13-22-7-1-3-9-24(22)19-26/h1-21H,35H2. The molecule has 7 aromatic carbocycles. The van der Waals surface area contributed by atoms with Crippen molar-refractivity contribution in [2.45, 2.75) is 0 Å². The summed E-state index contributed by atoms with van der Waals surface area (Å²) in [7, 11) is 2.26. The molecule has 0 aromatic heterocycles. The number of hydrogen-bond donors (Lipinski definition) is 0. The Bertz CT molecular complexity index is 1910. The molecule has 0 nitrogen and oxygen atoms in total. The highest BCUT2D eigenvalue weighted by molar-refractivity contribution is 6.47. The van der Waals surface area contributed by atoms with Crippen LogP contribution in [0, 0.1) is 0 Å². The molecule has 0 aliphatic heterocycles. The predicted molar refractivity (Wildman–Crippen MR) is 156 cm³/mol. The van der Waals surface area contributed by atoms with Crippen molar-refractivity contribution in [3.05, 3.63) is 127 Å². The van der Waals surface area contributed by atoms with E-state index in [-0.39, 0.29) is 0 Å². The van der Waals surface area contributed by atoms with Crippen molar-refractivity contribution in [3.63, 3.8) is 0 Å². The molecule has 0 fully saturated rings. The normalized spacial score (nSPS) is 11.5. The van der Waals surface area contributed by atoms with Gasteiger partial charge >= 0.3 is 0 Å². The van der Waals surface area contributed by atoms with E-state index in [1.54, 1.807) is 0 Å². The minimum atomic E-state index is 1.26. The van der Waals surface area contributed by atoms with Crippen LogP contribution in [0.1, 0.15) is 0 Å². The summed E-state index contributed by atoms with van der Waals surface area (Å²) in [5, 5.41) is 10.4. The van der Waals surface area contributed by atoms with Crippen molar-refractivity contribution in [1.29, 1.82) is 0 Å². The van der Waals surface area contributed by atoms with E-state index < -0.39 is 0 Å². The Morgan fingerprint density at radius 2 is 0.829 bits per heavy atom. The molecule has 0 saturated carbocycles. The highest BCUT2D eigenvalue weighted by atomic mass is 14.2. The Balaban J connectivity index is 1.52. The third kappa shape index (κ3) is 3.24. The number of hydrogen-bond acceptors (Lipinski definition) is 0. The summed E-state index contributed by atoms with van der Waals surface area (Å²) >= 11 is 0. The molecule has 1 heteroatoms. The lowest BCUT2D eigenvalue weighted by molar-refractivity contribution is 1.67. The first-order valence-corrected chi connectivity index (χ1v) is 12.2. The van der Waals surface area contributed by atoms with Gasteiger partial charge in [-0.3, -0.25) is 0 Å². The predicted octanol–water partition coefficient (Wildman–Crippen LogP) is 7.89. The average Bonchev–Trinajstić information content (AvgIpc) is 2.93. The lowest BCUT2D eigenvalue weighted by atomic mass is 9.80. The zero-order chi connectivity index (χ0) is 23.4. The maximum atomic E-state index is 2.38. The van der Waals surface area contributed by atoms with Gasteiger partial charge in [0, 0.05) is 0 Å². The van der Waals surface area contributed by atoms with E-state index in [2.05, 4.69) is 135 Å². The number of fused-ring (bicyclic) bond motifs is 4. The van der Waals surface area contributed by atoms with Crippen LogP contribution in [-0.4, -0.2) is 7.85 Å². The first-order valence-electron chi connectivity index (χ1n) is 12.2. The highest BCUT2D eigenvalue weighted by Crippen LogP contribution is 2.38. The van der Waals surface area contributed by atoms with Crippen LogP contribution in [0.2, 0.25) is 0 Å². The minimum absolute atomic E-state index is 1.26. The summed E-state index contributed by atoms with van der Waals surface area (Å²) in [5.74, 6) is 0. The van der Waals surface area contributed by atoms with E-state index in [9.17, 15) is 0 Å². The Morgan fingerprint density at radius 1 is 0.343 bits per heavy atom. The van der Waals surface area contributed by atoms with Gasteiger partial charge in [0.1, 0.15) is 7.85 Å². The molecule has 7 rings (SSSR count). The van der Waals surface area contributed by atoms with Crippen LogP contribution in [-0.2, 0) is 0 Å². The van der Waals surface area contributed by atoms with Gasteiger partial charge in [0.05, 0.1) is 0 Å². The number of rotatable bonds is 2. The smallest absolute Gasteiger partial charge is 0.0735 e. The minimum Gasteiger partial charge on any atom is -0.0735 e. The van der Waals surface area contributed by atoms with Gasteiger partial charge in [-0.2, -0.15) is 0 Å². The number of benzene rings is 7. The molecule has 0 aliphatic carbocycles. The van der Waals surface area contributed by atoms with E-state index in [1.165, 1.54) is 70.8 Å². The van der Waals surface area contributed by atoms with Gasteiger partial charge in [-0.25, -0.2) is 0 Å². The van der Waals surface area contributed by atoms with Crippen molar-refractivity contribution in [2.24, 2.45) is 0 Å². The lowest BCUT2D eigenvalue weighted by Gasteiger charge is -2.17. The van der Waals surface area contributed by atoms with Crippen molar-refractivity contribution >= 4 is 56.4 Å². The summed E-state index contributed by atoms with van der Waals surface area (Å²) in [5.41, 5.74) is 6.43. The van der Waals surface area contributed by atoms with Gasteiger partial charge in [-0.15, -0.1) is 0 Å². The molecule has 0 unspecified atom stereocenters.